The summed E-state index contributed by atoms with van der Waals surface area (Å²) in [5.74, 6) is -1.02. The number of aromatic nitrogens is 2. The Labute approximate surface area is 234 Å². The molecular formula is C31H26N4O4S. The number of carboxylic acid groups (broad SMARTS) is 1. The van der Waals surface area contributed by atoms with Crippen LogP contribution in [0.3, 0.4) is 0 Å². The third-order valence-corrected chi connectivity index (χ3v) is 8.19. The summed E-state index contributed by atoms with van der Waals surface area (Å²) in [4.78, 5) is 49.8. The summed E-state index contributed by atoms with van der Waals surface area (Å²) in [6.45, 7) is 0.544. The minimum absolute atomic E-state index is 0.105. The van der Waals surface area contributed by atoms with E-state index >= 15 is 0 Å². The van der Waals surface area contributed by atoms with Gasteiger partial charge in [-0.3, -0.25) is 14.4 Å². The van der Waals surface area contributed by atoms with Crippen LogP contribution >= 0.6 is 11.3 Å². The normalized spacial score (nSPS) is 14.4. The van der Waals surface area contributed by atoms with Crippen molar-refractivity contribution in [1.29, 1.82) is 0 Å². The van der Waals surface area contributed by atoms with Gasteiger partial charge in [0.05, 0.1) is 28.9 Å². The van der Waals surface area contributed by atoms with E-state index in [1.54, 1.807) is 28.4 Å². The minimum Gasteiger partial charge on any atom is -0.481 e. The van der Waals surface area contributed by atoms with E-state index in [4.69, 9.17) is 0 Å². The number of imidazole rings is 1. The summed E-state index contributed by atoms with van der Waals surface area (Å²) < 4.78 is 0. The van der Waals surface area contributed by atoms with Gasteiger partial charge in [0, 0.05) is 35.0 Å². The van der Waals surface area contributed by atoms with E-state index in [1.807, 2.05) is 72.8 Å². The molecule has 8 nitrogen and oxygen atoms in total. The second-order valence-electron chi connectivity index (χ2n) is 9.65. The number of anilines is 1. The zero-order valence-electron chi connectivity index (χ0n) is 21.5. The van der Waals surface area contributed by atoms with Gasteiger partial charge in [-0.25, -0.2) is 4.98 Å². The molecule has 0 saturated heterocycles. The van der Waals surface area contributed by atoms with Crippen molar-refractivity contribution in [3.63, 3.8) is 0 Å². The first-order chi connectivity index (χ1) is 19.5. The molecule has 0 fully saturated rings. The van der Waals surface area contributed by atoms with E-state index in [0.29, 0.717) is 23.4 Å². The third-order valence-electron chi connectivity index (χ3n) is 7.10. The van der Waals surface area contributed by atoms with Crippen LogP contribution in [-0.2, 0) is 16.1 Å². The smallest absolute Gasteiger partial charge is 0.304 e. The molecule has 0 spiro atoms. The van der Waals surface area contributed by atoms with Crippen LogP contribution in [0.15, 0.2) is 84.9 Å². The number of fused-ring (bicyclic) bond motifs is 3. The second-order valence-corrected chi connectivity index (χ2v) is 10.8. The summed E-state index contributed by atoms with van der Waals surface area (Å²) in [6, 6.07) is 26.3. The molecule has 1 aliphatic rings. The molecule has 2 amide bonds. The molecule has 1 atom stereocenters. The van der Waals surface area contributed by atoms with Crippen LogP contribution in [0, 0.1) is 0 Å². The number of carbonyl (C=O) groups is 3. The quantitative estimate of drug-likeness (QED) is 0.234. The lowest BCUT2D eigenvalue weighted by Crippen LogP contribution is -2.35. The third kappa shape index (κ3) is 4.99. The first-order valence-corrected chi connectivity index (χ1v) is 13.8. The maximum absolute atomic E-state index is 13.7. The van der Waals surface area contributed by atoms with E-state index in [2.05, 4.69) is 15.3 Å². The SMILES string of the molecule is O=C(O)CC1c2ccccc2C(=O)N(CCC(=O)NCc2ccc(-c3nc4ccccc4[nH]3)s2)c2ccccc21. The fraction of sp³-hybridized carbons (Fsp3) is 0.161. The molecule has 3 N–H and O–H groups in total. The molecule has 5 aromatic rings. The fourth-order valence-electron chi connectivity index (χ4n) is 5.22. The van der Waals surface area contributed by atoms with Crippen molar-refractivity contribution in [3.8, 4) is 10.7 Å². The number of nitrogens with one attached hydrogen (secondary N) is 2. The number of amides is 2. The van der Waals surface area contributed by atoms with Crippen LogP contribution in [0.25, 0.3) is 21.7 Å². The highest BCUT2D eigenvalue weighted by atomic mass is 32.1. The summed E-state index contributed by atoms with van der Waals surface area (Å²) >= 11 is 1.56. The summed E-state index contributed by atoms with van der Waals surface area (Å²) in [5.41, 5.74) is 4.43. The van der Waals surface area contributed by atoms with Gasteiger partial charge in [-0.05, 0) is 47.5 Å². The van der Waals surface area contributed by atoms with E-state index in [1.165, 1.54) is 0 Å². The van der Waals surface area contributed by atoms with Crippen LogP contribution in [0.2, 0.25) is 0 Å². The number of nitrogens with zero attached hydrogens (tertiary/aromatic N) is 2. The summed E-state index contributed by atoms with van der Waals surface area (Å²) in [7, 11) is 0. The number of carbonyl (C=O) groups excluding carboxylic acids is 2. The Balaban J connectivity index is 1.16. The topological polar surface area (TPSA) is 115 Å². The molecule has 1 unspecified atom stereocenters. The van der Waals surface area contributed by atoms with Gasteiger partial charge in [0.25, 0.3) is 5.91 Å². The van der Waals surface area contributed by atoms with Crippen LogP contribution in [0.4, 0.5) is 5.69 Å². The van der Waals surface area contributed by atoms with Crippen molar-refractivity contribution in [2.24, 2.45) is 0 Å². The van der Waals surface area contributed by atoms with Gasteiger partial charge in [0.2, 0.25) is 5.91 Å². The Morgan fingerprint density at radius 3 is 2.52 bits per heavy atom. The molecule has 200 valence electrons. The lowest BCUT2D eigenvalue weighted by Gasteiger charge is -2.24. The van der Waals surface area contributed by atoms with Gasteiger partial charge in [-0.2, -0.15) is 0 Å². The monoisotopic (exact) mass is 550 g/mol. The van der Waals surface area contributed by atoms with Crippen molar-refractivity contribution in [3.05, 3.63) is 106 Å². The Hall–Kier alpha value is -4.76. The Morgan fingerprint density at radius 1 is 0.950 bits per heavy atom. The molecule has 6 rings (SSSR count). The number of H-pyrrole nitrogens is 1. The van der Waals surface area contributed by atoms with Gasteiger partial charge in [0.1, 0.15) is 5.82 Å². The Morgan fingerprint density at radius 2 is 1.70 bits per heavy atom. The highest BCUT2D eigenvalue weighted by Crippen LogP contribution is 2.40. The molecule has 1 aliphatic heterocycles. The molecule has 9 heteroatoms. The molecule has 2 aromatic heterocycles. The van der Waals surface area contributed by atoms with E-state index in [-0.39, 0.29) is 31.2 Å². The van der Waals surface area contributed by atoms with Gasteiger partial charge in [-0.1, -0.05) is 48.5 Å². The van der Waals surface area contributed by atoms with E-state index < -0.39 is 11.9 Å². The molecule has 3 heterocycles. The molecule has 0 saturated carbocycles. The Kier molecular flexibility index (Phi) is 6.88. The molecule has 0 radical (unpaired) electrons. The van der Waals surface area contributed by atoms with Crippen LogP contribution in [-0.4, -0.2) is 39.4 Å². The number of benzene rings is 3. The minimum atomic E-state index is -0.938. The zero-order valence-corrected chi connectivity index (χ0v) is 22.3. The molecule has 0 aliphatic carbocycles. The molecule has 3 aromatic carbocycles. The zero-order chi connectivity index (χ0) is 27.6. The Bertz CT molecular complexity index is 1710. The molecule has 40 heavy (non-hydrogen) atoms. The number of rotatable bonds is 8. The lowest BCUT2D eigenvalue weighted by atomic mass is 9.86. The predicted octanol–water partition coefficient (Wildman–Crippen LogP) is 5.56. The number of aromatic amines is 1. The second kappa shape index (κ2) is 10.8. The standard InChI is InChI=1S/C31H26N4O4S/c36-28(32-18-19-13-14-27(40-19)30-33-24-10-4-5-11-25(24)34-30)15-16-35-26-12-6-3-8-21(26)23(17-29(37)38)20-7-1-2-9-22(20)31(35)39/h1-14,23H,15-18H2,(H,32,36)(H,33,34)(H,37,38). The summed E-state index contributed by atoms with van der Waals surface area (Å²) in [5, 5.41) is 12.6. The van der Waals surface area contributed by atoms with Crippen molar-refractivity contribution in [2.75, 3.05) is 11.4 Å². The highest BCUT2D eigenvalue weighted by molar-refractivity contribution is 7.15. The number of aliphatic carboxylic acids is 1. The van der Waals surface area contributed by atoms with Gasteiger partial charge in [0.15, 0.2) is 0 Å². The van der Waals surface area contributed by atoms with Crippen LogP contribution in [0.1, 0.15) is 45.1 Å². The lowest BCUT2D eigenvalue weighted by molar-refractivity contribution is -0.137. The van der Waals surface area contributed by atoms with E-state index in [0.717, 1.165) is 32.2 Å². The average Bonchev–Trinajstić information content (AvgIpc) is 3.60. The number of para-hydroxylation sites is 3. The highest BCUT2D eigenvalue weighted by Gasteiger charge is 2.33. The number of thiophene rings is 1. The fourth-order valence-corrected chi connectivity index (χ4v) is 6.11. The van der Waals surface area contributed by atoms with Crippen LogP contribution < -0.4 is 10.2 Å². The largest absolute Gasteiger partial charge is 0.481 e. The van der Waals surface area contributed by atoms with Crippen molar-refractivity contribution < 1.29 is 19.5 Å². The first-order valence-electron chi connectivity index (χ1n) is 13.0. The van der Waals surface area contributed by atoms with Crippen molar-refractivity contribution in [1.82, 2.24) is 15.3 Å². The maximum Gasteiger partial charge on any atom is 0.304 e. The number of carboxylic acids is 1. The van der Waals surface area contributed by atoms with Crippen molar-refractivity contribution >= 4 is 45.8 Å². The van der Waals surface area contributed by atoms with Crippen LogP contribution in [0.5, 0.6) is 0 Å². The molecular weight excluding hydrogens is 524 g/mol. The van der Waals surface area contributed by atoms with Gasteiger partial charge in [-0.15, -0.1) is 11.3 Å². The summed E-state index contributed by atoms with van der Waals surface area (Å²) in [6.07, 6.45) is -0.0277. The van der Waals surface area contributed by atoms with Gasteiger partial charge < -0.3 is 20.3 Å². The first kappa shape index (κ1) is 25.5. The van der Waals surface area contributed by atoms with Crippen molar-refractivity contribution in [2.45, 2.75) is 25.3 Å². The maximum atomic E-state index is 13.7. The van der Waals surface area contributed by atoms with E-state index in [9.17, 15) is 19.5 Å². The van der Waals surface area contributed by atoms with Gasteiger partial charge >= 0.3 is 5.97 Å². The average molecular weight is 551 g/mol. The predicted molar refractivity (Wildman–Crippen MR) is 155 cm³/mol. The number of hydrogen-bond acceptors (Lipinski definition) is 5. The number of hydrogen-bond donors (Lipinski definition) is 3. The molecule has 0 bridgehead atoms.